The maximum Gasteiger partial charge on any atom is 0.137 e. The monoisotopic (exact) mass is 195 g/mol. The average molecular weight is 195 g/mol. The number of nitrogens with one attached hydrogen (secondary N) is 1. The molecule has 0 aliphatic carbocycles. The number of rotatable bonds is 3. The SMILES string of the molecule is O=C(CC1CCCN1)C1CC[N]CC1. The van der Waals surface area contributed by atoms with Gasteiger partial charge in [0.05, 0.1) is 0 Å². The molecule has 0 spiro atoms. The highest BCUT2D eigenvalue weighted by molar-refractivity contribution is 5.81. The van der Waals surface area contributed by atoms with E-state index < -0.39 is 0 Å². The summed E-state index contributed by atoms with van der Waals surface area (Å²) in [5, 5.41) is 7.66. The number of hydrogen-bond acceptors (Lipinski definition) is 2. The van der Waals surface area contributed by atoms with Gasteiger partial charge in [0.25, 0.3) is 0 Å². The Balaban J connectivity index is 1.75. The molecule has 0 bridgehead atoms. The standard InChI is InChI=1S/C11H19N2O/c14-11(8-10-2-1-5-13-10)9-3-6-12-7-4-9/h9-10,13H,1-8H2. The fourth-order valence-electron chi connectivity index (χ4n) is 2.41. The van der Waals surface area contributed by atoms with Crippen LogP contribution < -0.4 is 10.6 Å². The lowest BCUT2D eigenvalue weighted by molar-refractivity contribution is -0.124. The summed E-state index contributed by atoms with van der Waals surface area (Å²) in [6.07, 6.45) is 5.16. The fraction of sp³-hybridized carbons (Fsp3) is 0.909. The Kier molecular flexibility index (Phi) is 3.54. The molecule has 0 aromatic rings. The van der Waals surface area contributed by atoms with Crippen molar-refractivity contribution in [3.8, 4) is 0 Å². The number of hydrogen-bond donors (Lipinski definition) is 1. The number of nitrogens with zero attached hydrogens (tertiary/aromatic N) is 1. The van der Waals surface area contributed by atoms with Crippen LogP contribution in [0.2, 0.25) is 0 Å². The zero-order chi connectivity index (χ0) is 9.80. The van der Waals surface area contributed by atoms with Gasteiger partial charge in [-0.15, -0.1) is 0 Å². The Morgan fingerprint density at radius 1 is 1.29 bits per heavy atom. The zero-order valence-electron chi connectivity index (χ0n) is 8.67. The maximum absolute atomic E-state index is 11.9. The number of piperidine rings is 1. The molecule has 0 saturated carbocycles. The van der Waals surface area contributed by atoms with Crippen LogP contribution >= 0.6 is 0 Å². The molecule has 2 heterocycles. The van der Waals surface area contributed by atoms with Crippen molar-refractivity contribution in [1.82, 2.24) is 10.6 Å². The molecule has 1 atom stereocenters. The van der Waals surface area contributed by atoms with E-state index in [1.165, 1.54) is 12.8 Å². The van der Waals surface area contributed by atoms with Gasteiger partial charge in [0.1, 0.15) is 5.78 Å². The molecule has 2 fully saturated rings. The minimum Gasteiger partial charge on any atom is -0.314 e. The first-order valence-corrected chi connectivity index (χ1v) is 5.75. The van der Waals surface area contributed by atoms with Crippen LogP contribution in [0.1, 0.15) is 32.1 Å². The van der Waals surface area contributed by atoms with E-state index in [9.17, 15) is 4.79 Å². The molecule has 1 radical (unpaired) electrons. The van der Waals surface area contributed by atoms with E-state index >= 15 is 0 Å². The summed E-state index contributed by atoms with van der Waals surface area (Å²) in [5.74, 6) is 0.786. The fourth-order valence-corrected chi connectivity index (χ4v) is 2.41. The molecule has 3 heteroatoms. The topological polar surface area (TPSA) is 43.2 Å². The lowest BCUT2D eigenvalue weighted by Gasteiger charge is -2.21. The Morgan fingerprint density at radius 3 is 2.71 bits per heavy atom. The van der Waals surface area contributed by atoms with Crippen LogP contribution in [0.4, 0.5) is 0 Å². The molecule has 1 N–H and O–H groups in total. The van der Waals surface area contributed by atoms with Crippen molar-refractivity contribution in [2.75, 3.05) is 19.6 Å². The van der Waals surface area contributed by atoms with Crippen LogP contribution in [0.3, 0.4) is 0 Å². The third-order valence-electron chi connectivity index (χ3n) is 3.34. The van der Waals surface area contributed by atoms with Gasteiger partial charge in [0.2, 0.25) is 0 Å². The summed E-state index contributed by atoms with van der Waals surface area (Å²) < 4.78 is 0. The molecule has 14 heavy (non-hydrogen) atoms. The van der Waals surface area contributed by atoms with E-state index in [-0.39, 0.29) is 0 Å². The second-order valence-corrected chi connectivity index (χ2v) is 4.41. The zero-order valence-corrected chi connectivity index (χ0v) is 8.67. The van der Waals surface area contributed by atoms with Crippen molar-refractivity contribution in [3.05, 3.63) is 0 Å². The third kappa shape index (κ3) is 2.55. The summed E-state index contributed by atoms with van der Waals surface area (Å²) in [4.78, 5) is 11.9. The van der Waals surface area contributed by atoms with Gasteiger partial charge < -0.3 is 5.32 Å². The molecule has 2 saturated heterocycles. The number of Topliss-reactive ketones (excluding diaryl/α,β-unsaturated/α-hetero) is 1. The first kappa shape index (κ1) is 10.1. The van der Waals surface area contributed by atoms with E-state index in [4.69, 9.17) is 0 Å². The molecule has 2 aliphatic heterocycles. The van der Waals surface area contributed by atoms with Crippen LogP contribution in [0, 0.1) is 5.92 Å². The molecule has 0 aromatic carbocycles. The Bertz CT molecular complexity index is 193. The lowest BCUT2D eigenvalue weighted by atomic mass is 9.90. The molecule has 3 nitrogen and oxygen atoms in total. The van der Waals surface area contributed by atoms with Gasteiger partial charge in [-0.05, 0) is 32.2 Å². The van der Waals surface area contributed by atoms with Gasteiger partial charge in [-0.3, -0.25) is 4.79 Å². The van der Waals surface area contributed by atoms with Crippen LogP contribution in [0.15, 0.2) is 0 Å². The normalized spacial score (nSPS) is 29.3. The van der Waals surface area contributed by atoms with Crippen molar-refractivity contribution in [1.29, 1.82) is 0 Å². The van der Waals surface area contributed by atoms with E-state index in [0.717, 1.165) is 38.9 Å². The molecule has 0 amide bonds. The van der Waals surface area contributed by atoms with E-state index in [1.54, 1.807) is 0 Å². The molecule has 2 rings (SSSR count). The Morgan fingerprint density at radius 2 is 2.07 bits per heavy atom. The van der Waals surface area contributed by atoms with Crippen molar-refractivity contribution >= 4 is 5.78 Å². The first-order chi connectivity index (χ1) is 6.86. The minimum atomic E-state index is 0.315. The van der Waals surface area contributed by atoms with Gasteiger partial charge in [-0.1, -0.05) is 0 Å². The summed E-state index contributed by atoms with van der Waals surface area (Å²) in [6, 6.07) is 0.473. The molecule has 0 aromatic heterocycles. The van der Waals surface area contributed by atoms with Gasteiger partial charge in [-0.25, -0.2) is 5.32 Å². The summed E-state index contributed by atoms with van der Waals surface area (Å²) in [7, 11) is 0. The van der Waals surface area contributed by atoms with Crippen molar-refractivity contribution in [3.63, 3.8) is 0 Å². The van der Waals surface area contributed by atoms with Crippen molar-refractivity contribution < 1.29 is 4.79 Å². The quantitative estimate of drug-likeness (QED) is 0.721. The van der Waals surface area contributed by atoms with Gasteiger partial charge in [0.15, 0.2) is 0 Å². The lowest BCUT2D eigenvalue weighted by Crippen LogP contribution is -2.32. The average Bonchev–Trinajstić information content (AvgIpc) is 2.72. The smallest absolute Gasteiger partial charge is 0.137 e. The highest BCUT2D eigenvalue weighted by Gasteiger charge is 2.25. The Hall–Kier alpha value is -0.410. The van der Waals surface area contributed by atoms with Crippen LogP contribution in [-0.4, -0.2) is 31.5 Å². The van der Waals surface area contributed by atoms with Gasteiger partial charge >= 0.3 is 0 Å². The largest absolute Gasteiger partial charge is 0.314 e. The van der Waals surface area contributed by atoms with Crippen molar-refractivity contribution in [2.24, 2.45) is 5.92 Å². The predicted octanol–water partition coefficient (Wildman–Crippen LogP) is 0.712. The number of carbonyl (C=O) groups excluding carboxylic acids is 1. The molecular formula is C11H19N2O. The second kappa shape index (κ2) is 4.89. The van der Waals surface area contributed by atoms with E-state index in [0.29, 0.717) is 17.7 Å². The van der Waals surface area contributed by atoms with E-state index in [2.05, 4.69) is 10.6 Å². The van der Waals surface area contributed by atoms with Crippen LogP contribution in [-0.2, 0) is 4.79 Å². The van der Waals surface area contributed by atoms with Gasteiger partial charge in [-0.2, -0.15) is 0 Å². The minimum absolute atomic E-state index is 0.315. The van der Waals surface area contributed by atoms with E-state index in [1.807, 2.05) is 0 Å². The van der Waals surface area contributed by atoms with Crippen LogP contribution in [0.5, 0.6) is 0 Å². The predicted molar refractivity (Wildman–Crippen MR) is 55.2 cm³/mol. The summed E-state index contributed by atoms with van der Waals surface area (Å²) in [5.41, 5.74) is 0. The number of ketones is 1. The molecule has 79 valence electrons. The maximum atomic E-state index is 11.9. The number of carbonyl (C=O) groups is 1. The molecule has 1 unspecified atom stereocenters. The first-order valence-electron chi connectivity index (χ1n) is 5.75. The third-order valence-corrected chi connectivity index (χ3v) is 3.34. The highest BCUT2D eigenvalue weighted by atomic mass is 16.1. The molecule has 2 aliphatic rings. The summed E-state index contributed by atoms with van der Waals surface area (Å²) in [6.45, 7) is 2.89. The van der Waals surface area contributed by atoms with Crippen LogP contribution in [0.25, 0.3) is 0 Å². The van der Waals surface area contributed by atoms with Gasteiger partial charge in [0, 0.05) is 31.5 Å². The second-order valence-electron chi connectivity index (χ2n) is 4.41. The van der Waals surface area contributed by atoms with Crippen molar-refractivity contribution in [2.45, 2.75) is 38.1 Å². The Labute approximate surface area is 85.6 Å². The molecular weight excluding hydrogens is 176 g/mol. The highest BCUT2D eigenvalue weighted by Crippen LogP contribution is 2.18. The summed E-state index contributed by atoms with van der Waals surface area (Å²) >= 11 is 0.